The zero-order chi connectivity index (χ0) is 8.20. The number of amides is 1. The Hall–Kier alpha value is -0.530. The molecule has 0 saturated carbocycles. The number of hydrogen-bond donors (Lipinski definition) is 1. The third kappa shape index (κ3) is 5.60. The van der Waals surface area contributed by atoms with Crippen molar-refractivity contribution >= 4 is 5.91 Å². The summed E-state index contributed by atoms with van der Waals surface area (Å²) in [5.41, 5.74) is -0.0971. The molecule has 0 aromatic rings. The molecular weight excluding hydrogens is 126 g/mol. The molecule has 0 aliphatic carbocycles. The maximum atomic E-state index is 10.9. The molecule has 1 amide bonds. The van der Waals surface area contributed by atoms with E-state index in [1.54, 1.807) is 0 Å². The molecular formula is C8H16NO. The van der Waals surface area contributed by atoms with Crippen LogP contribution in [0.2, 0.25) is 0 Å². The van der Waals surface area contributed by atoms with Crippen molar-refractivity contribution in [3.63, 3.8) is 0 Å². The Morgan fingerprint density at radius 2 is 2.00 bits per heavy atom. The van der Waals surface area contributed by atoms with E-state index in [2.05, 4.69) is 5.32 Å². The highest BCUT2D eigenvalue weighted by Crippen LogP contribution is 1.99. The first-order valence-electron chi connectivity index (χ1n) is 3.54. The highest BCUT2D eigenvalue weighted by atomic mass is 16.1. The van der Waals surface area contributed by atoms with Gasteiger partial charge in [0.25, 0.3) is 0 Å². The molecule has 0 heterocycles. The highest BCUT2D eigenvalue weighted by molar-refractivity contribution is 5.77. The fourth-order valence-electron chi connectivity index (χ4n) is 0.655. The molecule has 10 heavy (non-hydrogen) atoms. The van der Waals surface area contributed by atoms with Gasteiger partial charge in [0.1, 0.15) is 0 Å². The minimum Gasteiger partial charge on any atom is -0.352 e. The maximum Gasteiger partial charge on any atom is 0.220 e. The van der Waals surface area contributed by atoms with Gasteiger partial charge in [0.15, 0.2) is 0 Å². The van der Waals surface area contributed by atoms with Crippen LogP contribution in [-0.2, 0) is 4.79 Å². The number of hydrogen-bond acceptors (Lipinski definition) is 1. The lowest BCUT2D eigenvalue weighted by atomic mass is 10.1. The van der Waals surface area contributed by atoms with Crippen LogP contribution in [0.4, 0.5) is 0 Å². The van der Waals surface area contributed by atoms with Crippen LogP contribution in [0.5, 0.6) is 0 Å². The topological polar surface area (TPSA) is 29.1 Å². The molecule has 59 valence electrons. The number of carbonyl (C=O) groups excluding carboxylic acids is 1. The lowest BCUT2D eigenvalue weighted by molar-refractivity contribution is -0.121. The summed E-state index contributed by atoms with van der Waals surface area (Å²) in [5, 5.41) is 2.85. The summed E-state index contributed by atoms with van der Waals surface area (Å²) in [6.45, 7) is 7.80. The predicted molar refractivity (Wildman–Crippen MR) is 42.5 cm³/mol. The van der Waals surface area contributed by atoms with E-state index in [9.17, 15) is 4.79 Å². The summed E-state index contributed by atoms with van der Waals surface area (Å²) in [6.07, 6.45) is 2.36. The van der Waals surface area contributed by atoms with Crippen LogP contribution in [0.1, 0.15) is 34.1 Å². The molecule has 0 rings (SSSR count). The zero-order valence-electron chi connectivity index (χ0n) is 7.19. The molecule has 2 heteroatoms. The fourth-order valence-corrected chi connectivity index (χ4v) is 0.655. The van der Waals surface area contributed by atoms with Crippen molar-refractivity contribution in [3.8, 4) is 0 Å². The van der Waals surface area contributed by atoms with E-state index >= 15 is 0 Å². The lowest BCUT2D eigenvalue weighted by Crippen LogP contribution is -2.40. The monoisotopic (exact) mass is 142 g/mol. The van der Waals surface area contributed by atoms with Gasteiger partial charge in [0.2, 0.25) is 5.91 Å². The molecule has 0 aliphatic rings. The van der Waals surface area contributed by atoms with Gasteiger partial charge in [-0.1, -0.05) is 6.92 Å². The van der Waals surface area contributed by atoms with Crippen LogP contribution in [0.3, 0.4) is 0 Å². The first kappa shape index (κ1) is 9.47. The molecule has 1 radical (unpaired) electrons. The van der Waals surface area contributed by atoms with Crippen LogP contribution in [0.25, 0.3) is 0 Å². The van der Waals surface area contributed by atoms with E-state index in [4.69, 9.17) is 0 Å². The molecule has 0 bridgehead atoms. The molecule has 0 saturated heterocycles. The van der Waals surface area contributed by atoms with Crippen molar-refractivity contribution in [1.82, 2.24) is 5.32 Å². The molecule has 0 spiro atoms. The van der Waals surface area contributed by atoms with Gasteiger partial charge in [-0.05, 0) is 27.2 Å². The van der Waals surface area contributed by atoms with Gasteiger partial charge in [0.05, 0.1) is 0 Å². The summed E-state index contributed by atoms with van der Waals surface area (Å²) in [7, 11) is 0. The average molecular weight is 142 g/mol. The van der Waals surface area contributed by atoms with Gasteiger partial charge in [-0.15, -0.1) is 0 Å². The van der Waals surface area contributed by atoms with Crippen molar-refractivity contribution in [2.24, 2.45) is 0 Å². The van der Waals surface area contributed by atoms with E-state index in [-0.39, 0.29) is 11.4 Å². The molecule has 0 aromatic carbocycles. The third-order valence-electron chi connectivity index (χ3n) is 0.904. The maximum absolute atomic E-state index is 10.9. The number of carbonyl (C=O) groups is 1. The normalized spacial score (nSPS) is 11.2. The van der Waals surface area contributed by atoms with Crippen LogP contribution in [0.15, 0.2) is 0 Å². The van der Waals surface area contributed by atoms with Gasteiger partial charge in [0, 0.05) is 12.0 Å². The fraction of sp³-hybridized carbons (Fsp3) is 0.750. The molecule has 0 aliphatic heterocycles. The second-order valence-corrected chi connectivity index (χ2v) is 3.41. The quantitative estimate of drug-likeness (QED) is 0.622. The van der Waals surface area contributed by atoms with Gasteiger partial charge in [-0.3, -0.25) is 4.79 Å². The van der Waals surface area contributed by atoms with Crippen LogP contribution < -0.4 is 5.32 Å². The Bertz CT molecular complexity index is 113. The standard InChI is InChI=1S/C8H16NO/c1-5-6-7(10)9-8(2,3)4/h5H,6H2,1-4H3,(H,9,10). The van der Waals surface area contributed by atoms with Crippen molar-refractivity contribution in [2.75, 3.05) is 0 Å². The van der Waals surface area contributed by atoms with Crippen molar-refractivity contribution in [2.45, 2.75) is 39.7 Å². The van der Waals surface area contributed by atoms with Gasteiger partial charge < -0.3 is 5.32 Å². The van der Waals surface area contributed by atoms with E-state index in [0.29, 0.717) is 6.42 Å². The summed E-state index contributed by atoms with van der Waals surface area (Å²) < 4.78 is 0. The van der Waals surface area contributed by atoms with Gasteiger partial charge >= 0.3 is 0 Å². The largest absolute Gasteiger partial charge is 0.352 e. The zero-order valence-corrected chi connectivity index (χ0v) is 7.19. The smallest absolute Gasteiger partial charge is 0.220 e. The summed E-state index contributed by atoms with van der Waals surface area (Å²) in [5.74, 6) is 0.0926. The van der Waals surface area contributed by atoms with E-state index in [1.807, 2.05) is 34.1 Å². The molecule has 0 unspecified atom stereocenters. The van der Waals surface area contributed by atoms with Crippen LogP contribution in [0, 0.1) is 6.42 Å². The van der Waals surface area contributed by atoms with Crippen LogP contribution in [-0.4, -0.2) is 11.4 Å². The van der Waals surface area contributed by atoms with E-state index < -0.39 is 0 Å². The summed E-state index contributed by atoms with van der Waals surface area (Å²) in [6, 6.07) is 0. The average Bonchev–Trinajstić information content (AvgIpc) is 1.59. The molecule has 2 nitrogen and oxygen atoms in total. The third-order valence-corrected chi connectivity index (χ3v) is 0.904. The Labute approximate surface area is 63.0 Å². The van der Waals surface area contributed by atoms with Crippen molar-refractivity contribution in [1.29, 1.82) is 0 Å². The molecule has 1 N–H and O–H groups in total. The Morgan fingerprint density at radius 3 is 2.30 bits per heavy atom. The first-order valence-corrected chi connectivity index (χ1v) is 3.54. The second-order valence-electron chi connectivity index (χ2n) is 3.41. The molecule has 0 aromatic heterocycles. The van der Waals surface area contributed by atoms with Gasteiger partial charge in [-0.25, -0.2) is 0 Å². The molecule has 0 fully saturated rings. The SMILES string of the molecule is C[CH]CC(=O)NC(C)(C)C. The predicted octanol–water partition coefficient (Wildman–Crippen LogP) is 1.52. The second kappa shape index (κ2) is 3.59. The highest BCUT2D eigenvalue weighted by Gasteiger charge is 2.11. The summed E-state index contributed by atoms with van der Waals surface area (Å²) >= 11 is 0. The van der Waals surface area contributed by atoms with Gasteiger partial charge in [-0.2, -0.15) is 0 Å². The van der Waals surface area contributed by atoms with E-state index in [1.165, 1.54) is 0 Å². The number of rotatable bonds is 2. The Kier molecular flexibility index (Phi) is 3.40. The van der Waals surface area contributed by atoms with Crippen LogP contribution >= 0.6 is 0 Å². The molecule has 0 atom stereocenters. The lowest BCUT2D eigenvalue weighted by Gasteiger charge is -2.19. The Balaban J connectivity index is 3.58. The van der Waals surface area contributed by atoms with E-state index in [0.717, 1.165) is 0 Å². The summed E-state index contributed by atoms with van der Waals surface area (Å²) in [4.78, 5) is 10.9. The van der Waals surface area contributed by atoms with Crippen molar-refractivity contribution in [3.05, 3.63) is 6.42 Å². The Morgan fingerprint density at radius 1 is 1.50 bits per heavy atom. The minimum atomic E-state index is -0.0971. The van der Waals surface area contributed by atoms with Crippen molar-refractivity contribution < 1.29 is 4.79 Å². The first-order chi connectivity index (χ1) is 4.45. The number of nitrogens with one attached hydrogen (secondary N) is 1. The minimum absolute atomic E-state index is 0.0926.